The van der Waals surface area contributed by atoms with E-state index in [1.54, 1.807) is 13.1 Å². The van der Waals surface area contributed by atoms with Crippen molar-refractivity contribution in [3.63, 3.8) is 0 Å². The third kappa shape index (κ3) is 4.59. The third-order valence-corrected chi connectivity index (χ3v) is 4.43. The Morgan fingerprint density at radius 2 is 2.00 bits per heavy atom. The van der Waals surface area contributed by atoms with Crippen molar-refractivity contribution in [1.82, 2.24) is 15.2 Å². The number of benzene rings is 1. The first-order valence-corrected chi connectivity index (χ1v) is 8.91. The number of carbonyl (C=O) groups excluding carboxylic acids is 1. The average Bonchev–Trinajstić information content (AvgIpc) is 2.65. The fourth-order valence-electron chi connectivity index (χ4n) is 3.11. The van der Waals surface area contributed by atoms with Crippen molar-refractivity contribution in [2.24, 2.45) is 4.99 Å². The third-order valence-electron chi connectivity index (χ3n) is 4.43. The number of aryl methyl sites for hydroxylation is 1. The van der Waals surface area contributed by atoms with Gasteiger partial charge in [-0.3, -0.25) is 9.79 Å². The van der Waals surface area contributed by atoms with Gasteiger partial charge in [-0.2, -0.15) is 0 Å². The summed E-state index contributed by atoms with van der Waals surface area (Å²) in [7, 11) is 1.78. The van der Waals surface area contributed by atoms with E-state index in [-0.39, 0.29) is 5.91 Å². The summed E-state index contributed by atoms with van der Waals surface area (Å²) in [5.74, 6) is 1.36. The molecule has 0 saturated heterocycles. The zero-order valence-corrected chi connectivity index (χ0v) is 15.3. The van der Waals surface area contributed by atoms with E-state index in [1.165, 1.54) is 11.1 Å². The molecule has 6 nitrogen and oxygen atoms in total. The number of pyridine rings is 1. The minimum absolute atomic E-state index is 0.0601. The number of aliphatic imine (C=N–C) groups is 1. The fraction of sp³-hybridized carbons (Fsp3) is 0.350. The van der Waals surface area contributed by atoms with Crippen molar-refractivity contribution in [2.75, 3.05) is 25.5 Å². The quantitative estimate of drug-likeness (QED) is 0.655. The second-order valence-corrected chi connectivity index (χ2v) is 6.38. The lowest BCUT2D eigenvalue weighted by Gasteiger charge is -2.31. The largest absolute Gasteiger partial charge is 0.356 e. The molecule has 0 spiro atoms. The van der Waals surface area contributed by atoms with Gasteiger partial charge in [-0.05, 0) is 36.6 Å². The zero-order valence-electron chi connectivity index (χ0n) is 15.3. The van der Waals surface area contributed by atoms with E-state index in [2.05, 4.69) is 49.8 Å². The molecule has 1 aliphatic rings. The highest BCUT2D eigenvalue weighted by atomic mass is 16.1. The van der Waals surface area contributed by atoms with Gasteiger partial charge in [-0.1, -0.05) is 30.3 Å². The molecule has 0 saturated carbocycles. The molecule has 1 amide bonds. The van der Waals surface area contributed by atoms with Crippen LogP contribution in [0.15, 0.2) is 47.5 Å². The molecule has 3 rings (SSSR count). The lowest BCUT2D eigenvalue weighted by atomic mass is 10.0. The normalized spacial score (nSPS) is 13.9. The highest BCUT2D eigenvalue weighted by Gasteiger charge is 2.18. The molecule has 0 bridgehead atoms. The highest BCUT2D eigenvalue weighted by molar-refractivity contribution is 5.90. The van der Waals surface area contributed by atoms with Crippen molar-refractivity contribution in [1.29, 1.82) is 0 Å². The van der Waals surface area contributed by atoms with Crippen LogP contribution in [-0.4, -0.2) is 41.9 Å². The van der Waals surface area contributed by atoms with Gasteiger partial charge in [0, 0.05) is 38.8 Å². The van der Waals surface area contributed by atoms with Gasteiger partial charge < -0.3 is 15.5 Å². The molecule has 2 heterocycles. The Labute approximate surface area is 154 Å². The smallest absolute Gasteiger partial charge is 0.227 e. The Balaban J connectivity index is 1.48. The number of anilines is 1. The minimum Gasteiger partial charge on any atom is -0.356 e. The lowest BCUT2D eigenvalue weighted by molar-refractivity contribution is -0.116. The summed E-state index contributed by atoms with van der Waals surface area (Å²) >= 11 is 0. The van der Waals surface area contributed by atoms with Crippen LogP contribution in [0.3, 0.4) is 0 Å². The van der Waals surface area contributed by atoms with Gasteiger partial charge in [0.2, 0.25) is 5.91 Å². The second kappa shape index (κ2) is 8.47. The number of amides is 1. The summed E-state index contributed by atoms with van der Waals surface area (Å²) < 4.78 is 0. The zero-order chi connectivity index (χ0) is 18.4. The van der Waals surface area contributed by atoms with E-state index in [0.29, 0.717) is 18.8 Å². The van der Waals surface area contributed by atoms with Crippen LogP contribution in [0.4, 0.5) is 5.82 Å². The number of rotatable bonds is 4. The first-order chi connectivity index (χ1) is 12.7. The highest BCUT2D eigenvalue weighted by Crippen LogP contribution is 2.18. The predicted octanol–water partition coefficient (Wildman–Crippen LogP) is 2.35. The van der Waals surface area contributed by atoms with Crippen molar-refractivity contribution in [3.8, 4) is 0 Å². The van der Waals surface area contributed by atoms with Gasteiger partial charge in [0.05, 0.1) is 0 Å². The van der Waals surface area contributed by atoms with Gasteiger partial charge in [0.1, 0.15) is 5.82 Å². The van der Waals surface area contributed by atoms with Crippen LogP contribution in [0.2, 0.25) is 0 Å². The van der Waals surface area contributed by atoms with Gasteiger partial charge in [0.15, 0.2) is 5.96 Å². The Kier molecular flexibility index (Phi) is 5.84. The summed E-state index contributed by atoms with van der Waals surface area (Å²) in [5.41, 5.74) is 3.63. The molecule has 0 radical (unpaired) electrons. The average molecular weight is 351 g/mol. The Bertz CT molecular complexity index is 802. The maximum Gasteiger partial charge on any atom is 0.227 e. The standard InChI is InChI=1S/C20H25N5O/c1-15-6-5-9-18(23-15)24-19(26)10-12-22-20(21-2)25-13-11-16-7-3-4-8-17(16)14-25/h3-9H,10-14H2,1-2H3,(H,21,22)(H,23,24,26). The Hall–Kier alpha value is -2.89. The maximum absolute atomic E-state index is 12.1. The number of guanidine groups is 1. The molecule has 2 N–H and O–H groups in total. The molecule has 0 aliphatic carbocycles. The Morgan fingerprint density at radius 3 is 2.77 bits per heavy atom. The summed E-state index contributed by atoms with van der Waals surface area (Å²) in [6, 6.07) is 14.1. The monoisotopic (exact) mass is 351 g/mol. The molecular weight excluding hydrogens is 326 g/mol. The lowest BCUT2D eigenvalue weighted by Crippen LogP contribution is -2.44. The summed E-state index contributed by atoms with van der Waals surface area (Å²) in [6.07, 6.45) is 1.37. The predicted molar refractivity (Wildman–Crippen MR) is 104 cm³/mol. The van der Waals surface area contributed by atoms with Crippen LogP contribution in [-0.2, 0) is 17.8 Å². The molecule has 2 aromatic rings. The molecule has 1 aliphatic heterocycles. The van der Waals surface area contributed by atoms with Crippen molar-refractivity contribution >= 4 is 17.7 Å². The fourth-order valence-corrected chi connectivity index (χ4v) is 3.11. The summed E-state index contributed by atoms with van der Waals surface area (Å²) in [4.78, 5) is 23.0. The molecule has 0 fully saturated rings. The second-order valence-electron chi connectivity index (χ2n) is 6.38. The number of hydrogen-bond acceptors (Lipinski definition) is 3. The van der Waals surface area contributed by atoms with Gasteiger partial charge in [-0.25, -0.2) is 4.98 Å². The summed E-state index contributed by atoms with van der Waals surface area (Å²) in [5, 5.41) is 6.12. The van der Waals surface area contributed by atoms with Crippen LogP contribution in [0.25, 0.3) is 0 Å². The van der Waals surface area contributed by atoms with E-state index in [0.717, 1.165) is 31.2 Å². The number of aromatic nitrogens is 1. The first kappa shape index (κ1) is 17.9. The number of nitrogens with zero attached hydrogens (tertiary/aromatic N) is 3. The molecule has 6 heteroatoms. The number of fused-ring (bicyclic) bond motifs is 1. The molecule has 1 aromatic carbocycles. The molecule has 0 atom stereocenters. The van der Waals surface area contributed by atoms with Gasteiger partial charge in [-0.15, -0.1) is 0 Å². The topological polar surface area (TPSA) is 69.6 Å². The van der Waals surface area contributed by atoms with E-state index >= 15 is 0 Å². The first-order valence-electron chi connectivity index (χ1n) is 8.91. The van der Waals surface area contributed by atoms with Gasteiger partial charge in [0.25, 0.3) is 0 Å². The number of carbonyl (C=O) groups is 1. The molecule has 0 unspecified atom stereocenters. The number of hydrogen-bond donors (Lipinski definition) is 2. The molecule has 26 heavy (non-hydrogen) atoms. The van der Waals surface area contributed by atoms with Crippen LogP contribution in [0.5, 0.6) is 0 Å². The van der Waals surface area contributed by atoms with E-state index < -0.39 is 0 Å². The summed E-state index contributed by atoms with van der Waals surface area (Å²) in [6.45, 7) is 4.20. The van der Waals surface area contributed by atoms with Crippen LogP contribution in [0, 0.1) is 6.92 Å². The molecule has 1 aromatic heterocycles. The van der Waals surface area contributed by atoms with E-state index in [9.17, 15) is 4.79 Å². The maximum atomic E-state index is 12.1. The molecular formula is C20H25N5O. The van der Waals surface area contributed by atoms with Crippen molar-refractivity contribution < 1.29 is 4.79 Å². The van der Waals surface area contributed by atoms with Gasteiger partial charge >= 0.3 is 0 Å². The minimum atomic E-state index is -0.0601. The van der Waals surface area contributed by atoms with Crippen LogP contribution in [0.1, 0.15) is 23.2 Å². The molecule has 136 valence electrons. The van der Waals surface area contributed by atoms with E-state index in [4.69, 9.17) is 0 Å². The van der Waals surface area contributed by atoms with Crippen molar-refractivity contribution in [2.45, 2.75) is 26.3 Å². The number of nitrogens with one attached hydrogen (secondary N) is 2. The van der Waals surface area contributed by atoms with E-state index in [1.807, 2.05) is 19.1 Å². The Morgan fingerprint density at radius 1 is 1.19 bits per heavy atom. The van der Waals surface area contributed by atoms with Crippen molar-refractivity contribution in [3.05, 3.63) is 59.3 Å². The van der Waals surface area contributed by atoms with Crippen LogP contribution >= 0.6 is 0 Å². The SMILES string of the molecule is CN=C(NCCC(=O)Nc1cccc(C)n1)N1CCc2ccccc2C1. The van der Waals surface area contributed by atoms with Crippen LogP contribution < -0.4 is 10.6 Å².